The zero-order valence-electron chi connectivity index (χ0n) is 12.3. The fourth-order valence-corrected chi connectivity index (χ4v) is 2.71. The fourth-order valence-electron chi connectivity index (χ4n) is 2.71. The number of ether oxygens (including phenoxy) is 1. The van der Waals surface area contributed by atoms with Crippen LogP contribution < -0.4 is 9.64 Å². The maximum absolute atomic E-state index is 11.4. The first-order valence-corrected chi connectivity index (χ1v) is 7.43. The van der Waals surface area contributed by atoms with Gasteiger partial charge in [-0.2, -0.15) is 0 Å². The number of nitrogens with zero attached hydrogens (tertiary/aromatic N) is 2. The van der Waals surface area contributed by atoms with Gasteiger partial charge < -0.3 is 14.7 Å². The molecule has 1 aromatic rings. The molecular formula is C15H22N2O4. The molecule has 0 amide bonds. The summed E-state index contributed by atoms with van der Waals surface area (Å²) in [7, 11) is 0. The van der Waals surface area contributed by atoms with Crippen LogP contribution in [0, 0.1) is 16.0 Å². The molecule has 0 radical (unpaired) electrons. The summed E-state index contributed by atoms with van der Waals surface area (Å²) in [4.78, 5) is 13.1. The third-order valence-corrected chi connectivity index (χ3v) is 3.74. The van der Waals surface area contributed by atoms with Gasteiger partial charge in [0.2, 0.25) is 0 Å². The minimum absolute atomic E-state index is 0.0320. The van der Waals surface area contributed by atoms with Gasteiger partial charge in [0.25, 0.3) is 0 Å². The highest BCUT2D eigenvalue weighted by atomic mass is 16.6. The number of nitro benzene ring substituents is 1. The molecule has 0 bridgehead atoms. The van der Waals surface area contributed by atoms with Crippen molar-refractivity contribution in [1.29, 1.82) is 0 Å². The summed E-state index contributed by atoms with van der Waals surface area (Å²) in [6.07, 6.45) is 2.70. The van der Waals surface area contributed by atoms with Crippen molar-refractivity contribution in [2.75, 3.05) is 31.2 Å². The number of aliphatic hydroxyl groups excluding tert-OH is 1. The fraction of sp³-hybridized carbons (Fsp3) is 0.600. The second-order valence-corrected chi connectivity index (χ2v) is 5.37. The van der Waals surface area contributed by atoms with Crippen molar-refractivity contribution < 1.29 is 14.8 Å². The highest BCUT2D eigenvalue weighted by molar-refractivity contribution is 5.70. The average molecular weight is 294 g/mol. The van der Waals surface area contributed by atoms with Gasteiger partial charge in [-0.25, -0.2) is 0 Å². The highest BCUT2D eigenvalue weighted by Crippen LogP contribution is 2.38. The summed E-state index contributed by atoms with van der Waals surface area (Å²) in [5, 5.41) is 20.8. The molecule has 1 aliphatic heterocycles. The Morgan fingerprint density at radius 2 is 2.33 bits per heavy atom. The van der Waals surface area contributed by atoms with Crippen LogP contribution in [0.5, 0.6) is 5.75 Å². The van der Waals surface area contributed by atoms with Gasteiger partial charge in [0.15, 0.2) is 5.75 Å². The van der Waals surface area contributed by atoms with Crippen molar-refractivity contribution >= 4 is 11.4 Å². The van der Waals surface area contributed by atoms with Crippen molar-refractivity contribution in [3.8, 4) is 5.75 Å². The first-order chi connectivity index (χ1) is 10.2. The van der Waals surface area contributed by atoms with Gasteiger partial charge in [0.1, 0.15) is 5.69 Å². The van der Waals surface area contributed by atoms with E-state index in [9.17, 15) is 15.2 Å². The zero-order chi connectivity index (χ0) is 15.2. The SMILES string of the molecule is CCCOc1cccc(N2CCCC(CO)C2)c1[N+](=O)[O-]. The molecule has 0 aliphatic carbocycles. The summed E-state index contributed by atoms with van der Waals surface area (Å²) in [5.41, 5.74) is 0.622. The van der Waals surface area contributed by atoms with Gasteiger partial charge in [0.05, 0.1) is 11.5 Å². The maximum Gasteiger partial charge on any atom is 0.333 e. The normalized spacial score (nSPS) is 18.6. The smallest absolute Gasteiger partial charge is 0.333 e. The minimum atomic E-state index is -0.372. The summed E-state index contributed by atoms with van der Waals surface area (Å²) < 4.78 is 5.51. The summed E-state index contributed by atoms with van der Waals surface area (Å²) in [6, 6.07) is 5.19. The third-order valence-electron chi connectivity index (χ3n) is 3.74. The first-order valence-electron chi connectivity index (χ1n) is 7.43. The number of hydrogen-bond donors (Lipinski definition) is 1. The number of piperidine rings is 1. The molecule has 1 unspecified atom stereocenters. The van der Waals surface area contributed by atoms with Crippen molar-refractivity contribution in [3.63, 3.8) is 0 Å². The van der Waals surface area contributed by atoms with Crippen LogP contribution in [0.2, 0.25) is 0 Å². The number of hydrogen-bond acceptors (Lipinski definition) is 5. The maximum atomic E-state index is 11.4. The summed E-state index contributed by atoms with van der Waals surface area (Å²) >= 11 is 0. The van der Waals surface area contributed by atoms with Crippen LogP contribution in [0.4, 0.5) is 11.4 Å². The van der Waals surface area contributed by atoms with Gasteiger partial charge in [-0.15, -0.1) is 0 Å². The molecule has 6 heteroatoms. The molecule has 21 heavy (non-hydrogen) atoms. The molecular weight excluding hydrogens is 272 g/mol. The Labute approximate surface area is 124 Å². The van der Waals surface area contributed by atoms with Crippen LogP contribution in [0.3, 0.4) is 0 Å². The van der Waals surface area contributed by atoms with E-state index in [2.05, 4.69) is 0 Å². The van der Waals surface area contributed by atoms with Gasteiger partial charge >= 0.3 is 5.69 Å². The van der Waals surface area contributed by atoms with E-state index in [-0.39, 0.29) is 23.1 Å². The Bertz CT molecular complexity index is 493. The second-order valence-electron chi connectivity index (χ2n) is 5.37. The molecule has 1 aliphatic rings. The van der Waals surface area contributed by atoms with Crippen LogP contribution in [0.25, 0.3) is 0 Å². The Kier molecular flexibility index (Phi) is 5.38. The van der Waals surface area contributed by atoms with Gasteiger partial charge in [0, 0.05) is 19.7 Å². The summed E-state index contributed by atoms with van der Waals surface area (Å²) in [6.45, 7) is 3.97. The van der Waals surface area contributed by atoms with Crippen LogP contribution in [-0.2, 0) is 0 Å². The van der Waals surface area contributed by atoms with E-state index in [1.54, 1.807) is 18.2 Å². The molecule has 116 valence electrons. The molecule has 6 nitrogen and oxygen atoms in total. The predicted molar refractivity (Wildman–Crippen MR) is 80.9 cm³/mol. The largest absolute Gasteiger partial charge is 0.487 e. The van der Waals surface area contributed by atoms with E-state index in [1.165, 1.54) is 0 Å². The van der Waals surface area contributed by atoms with Crippen molar-refractivity contribution in [2.24, 2.45) is 5.92 Å². The van der Waals surface area contributed by atoms with E-state index < -0.39 is 0 Å². The van der Waals surface area contributed by atoms with Crippen LogP contribution in [-0.4, -0.2) is 36.3 Å². The molecule has 1 atom stereocenters. The monoisotopic (exact) mass is 294 g/mol. The number of benzene rings is 1. The van der Waals surface area contributed by atoms with E-state index in [0.29, 0.717) is 24.6 Å². The van der Waals surface area contributed by atoms with Crippen LogP contribution >= 0.6 is 0 Å². The Balaban J connectivity index is 2.31. The van der Waals surface area contributed by atoms with Gasteiger partial charge in [-0.3, -0.25) is 10.1 Å². The molecule has 1 fully saturated rings. The van der Waals surface area contributed by atoms with E-state index >= 15 is 0 Å². The highest BCUT2D eigenvalue weighted by Gasteiger charge is 2.28. The number of rotatable bonds is 6. The Hall–Kier alpha value is -1.82. The van der Waals surface area contributed by atoms with E-state index in [1.807, 2.05) is 11.8 Å². The molecule has 0 saturated carbocycles. The summed E-state index contributed by atoms with van der Waals surface area (Å²) in [5.74, 6) is 0.504. The molecule has 1 N–H and O–H groups in total. The van der Waals surface area contributed by atoms with Crippen molar-refractivity contribution in [1.82, 2.24) is 0 Å². The lowest BCUT2D eigenvalue weighted by Gasteiger charge is -2.33. The Morgan fingerprint density at radius 1 is 1.52 bits per heavy atom. The van der Waals surface area contributed by atoms with Crippen molar-refractivity contribution in [2.45, 2.75) is 26.2 Å². The number of aliphatic hydroxyl groups is 1. The topological polar surface area (TPSA) is 75.8 Å². The number of para-hydroxylation sites is 1. The number of anilines is 1. The minimum Gasteiger partial charge on any atom is -0.487 e. The quantitative estimate of drug-likeness (QED) is 0.644. The predicted octanol–water partition coefficient (Wildman–Crippen LogP) is 2.59. The molecule has 0 spiro atoms. The lowest BCUT2D eigenvalue weighted by Crippen LogP contribution is -2.37. The average Bonchev–Trinajstić information content (AvgIpc) is 2.52. The zero-order valence-corrected chi connectivity index (χ0v) is 12.3. The molecule has 1 aromatic carbocycles. The second kappa shape index (κ2) is 7.26. The standard InChI is InChI=1S/C15H22N2O4/c1-2-9-21-14-7-3-6-13(15(14)17(19)20)16-8-4-5-12(10-16)11-18/h3,6-7,12,18H,2,4-5,8-11H2,1H3. The van der Waals surface area contributed by atoms with Gasteiger partial charge in [-0.05, 0) is 37.3 Å². The van der Waals surface area contributed by atoms with Crippen LogP contribution in [0.15, 0.2) is 18.2 Å². The van der Waals surface area contributed by atoms with E-state index in [0.717, 1.165) is 25.8 Å². The van der Waals surface area contributed by atoms with Crippen molar-refractivity contribution in [3.05, 3.63) is 28.3 Å². The molecule has 0 aromatic heterocycles. The lowest BCUT2D eigenvalue weighted by molar-refractivity contribution is -0.385. The molecule has 2 rings (SSSR count). The molecule has 1 saturated heterocycles. The first kappa shape index (κ1) is 15.6. The van der Waals surface area contributed by atoms with E-state index in [4.69, 9.17) is 4.74 Å². The Morgan fingerprint density at radius 3 is 3.00 bits per heavy atom. The van der Waals surface area contributed by atoms with Crippen LogP contribution in [0.1, 0.15) is 26.2 Å². The lowest BCUT2D eigenvalue weighted by atomic mass is 9.98. The van der Waals surface area contributed by atoms with Gasteiger partial charge in [-0.1, -0.05) is 13.0 Å². The molecule has 1 heterocycles. The number of nitro groups is 1. The third kappa shape index (κ3) is 3.64.